The summed E-state index contributed by atoms with van der Waals surface area (Å²) in [5, 5.41) is 5.95. The van der Waals surface area contributed by atoms with Crippen molar-refractivity contribution in [2.24, 2.45) is 0 Å². The molecule has 0 aliphatic heterocycles. The fraction of sp³-hybridized carbons (Fsp3) is 0.250. The van der Waals surface area contributed by atoms with Gasteiger partial charge < -0.3 is 10.1 Å². The third kappa shape index (κ3) is 4.89. The Morgan fingerprint density at radius 1 is 1.15 bits per heavy atom. The second-order valence-corrected chi connectivity index (χ2v) is 6.72. The molecule has 6 heteroatoms. The highest BCUT2D eigenvalue weighted by atomic mass is 32.1. The first-order valence-electron chi connectivity index (χ1n) is 8.49. The quantitative estimate of drug-likeness (QED) is 0.662. The van der Waals surface area contributed by atoms with Crippen LogP contribution in [0.5, 0.6) is 5.75 Å². The molecule has 1 amide bonds. The molecule has 0 saturated carbocycles. The van der Waals surface area contributed by atoms with Gasteiger partial charge in [0.2, 0.25) is 5.91 Å². The maximum atomic E-state index is 12.1. The molecule has 1 N–H and O–H groups in total. The molecule has 0 aliphatic rings. The van der Waals surface area contributed by atoms with Crippen LogP contribution in [0.2, 0.25) is 0 Å². The van der Waals surface area contributed by atoms with Gasteiger partial charge in [-0.1, -0.05) is 18.2 Å². The number of aryl methyl sites for hydroxylation is 1. The van der Waals surface area contributed by atoms with Crippen molar-refractivity contribution in [2.75, 3.05) is 13.7 Å². The first-order chi connectivity index (χ1) is 12.8. The molecule has 1 aromatic carbocycles. The monoisotopic (exact) mass is 367 g/mol. The van der Waals surface area contributed by atoms with Gasteiger partial charge in [0.05, 0.1) is 17.8 Å². The largest absolute Gasteiger partial charge is 0.496 e. The Morgan fingerprint density at radius 2 is 1.96 bits per heavy atom. The van der Waals surface area contributed by atoms with Crippen molar-refractivity contribution in [1.82, 2.24) is 15.3 Å². The first kappa shape index (κ1) is 18.1. The van der Waals surface area contributed by atoms with Crippen molar-refractivity contribution in [3.63, 3.8) is 0 Å². The van der Waals surface area contributed by atoms with E-state index >= 15 is 0 Å². The maximum absolute atomic E-state index is 12.1. The zero-order valence-electron chi connectivity index (χ0n) is 14.6. The molecule has 5 nitrogen and oxygen atoms in total. The topological polar surface area (TPSA) is 64.1 Å². The number of pyridine rings is 1. The number of ether oxygens (including phenoxy) is 1. The molecule has 0 aliphatic carbocycles. The lowest BCUT2D eigenvalue weighted by molar-refractivity contribution is -0.121. The summed E-state index contributed by atoms with van der Waals surface area (Å²) < 4.78 is 5.32. The molecule has 0 fully saturated rings. The predicted molar refractivity (Wildman–Crippen MR) is 103 cm³/mol. The summed E-state index contributed by atoms with van der Waals surface area (Å²) in [6.07, 6.45) is 5.34. The van der Waals surface area contributed by atoms with Gasteiger partial charge >= 0.3 is 0 Å². The number of rotatable bonds is 8. The summed E-state index contributed by atoms with van der Waals surface area (Å²) in [5.41, 5.74) is 3.07. The summed E-state index contributed by atoms with van der Waals surface area (Å²) in [6, 6.07) is 11.7. The number of nitrogens with zero attached hydrogens (tertiary/aromatic N) is 2. The van der Waals surface area contributed by atoms with Crippen LogP contribution in [0.1, 0.15) is 17.0 Å². The normalized spacial score (nSPS) is 10.5. The number of para-hydroxylation sites is 1. The molecular formula is C20H21N3O2S. The third-order valence-electron chi connectivity index (χ3n) is 4.00. The van der Waals surface area contributed by atoms with E-state index in [9.17, 15) is 4.79 Å². The van der Waals surface area contributed by atoms with Crippen LogP contribution < -0.4 is 10.1 Å². The minimum Gasteiger partial charge on any atom is -0.496 e. The third-order valence-corrected chi connectivity index (χ3v) is 4.91. The number of aromatic nitrogens is 2. The minimum atomic E-state index is 0.0422. The van der Waals surface area contributed by atoms with E-state index in [-0.39, 0.29) is 5.91 Å². The number of benzene rings is 1. The van der Waals surface area contributed by atoms with Crippen molar-refractivity contribution >= 4 is 17.2 Å². The van der Waals surface area contributed by atoms with E-state index in [4.69, 9.17) is 4.74 Å². The molecular weight excluding hydrogens is 346 g/mol. The molecule has 0 spiro atoms. The lowest BCUT2D eigenvalue weighted by Crippen LogP contribution is -2.25. The molecule has 0 atom stereocenters. The van der Waals surface area contributed by atoms with Crippen LogP contribution in [-0.2, 0) is 17.6 Å². The first-order valence-corrected chi connectivity index (χ1v) is 9.37. The minimum absolute atomic E-state index is 0.0422. The van der Waals surface area contributed by atoms with E-state index in [0.717, 1.165) is 34.0 Å². The van der Waals surface area contributed by atoms with Crippen molar-refractivity contribution < 1.29 is 9.53 Å². The number of nitrogens with one attached hydrogen (secondary N) is 1. The van der Waals surface area contributed by atoms with Gasteiger partial charge in [-0.3, -0.25) is 9.78 Å². The molecule has 0 unspecified atom stereocenters. The second-order valence-electron chi connectivity index (χ2n) is 5.77. The Bertz CT molecular complexity index is 849. The van der Waals surface area contributed by atoms with Crippen molar-refractivity contribution in [2.45, 2.75) is 19.3 Å². The molecule has 0 bridgehead atoms. The fourth-order valence-corrected chi connectivity index (χ4v) is 3.44. The Kier molecular flexibility index (Phi) is 6.33. The van der Waals surface area contributed by atoms with Gasteiger partial charge in [0, 0.05) is 42.7 Å². The fourth-order valence-electron chi connectivity index (χ4n) is 2.64. The van der Waals surface area contributed by atoms with Crippen LogP contribution in [0.3, 0.4) is 0 Å². The number of methoxy groups -OCH3 is 1. The summed E-state index contributed by atoms with van der Waals surface area (Å²) in [7, 11) is 1.66. The van der Waals surface area contributed by atoms with Crippen LogP contribution in [-0.4, -0.2) is 29.5 Å². The highest BCUT2D eigenvalue weighted by Gasteiger charge is 2.08. The maximum Gasteiger partial charge on any atom is 0.220 e. The SMILES string of the molecule is COc1ccccc1CCNC(=O)CCc1nc(-c2ccncc2)cs1. The van der Waals surface area contributed by atoms with Gasteiger partial charge in [0.15, 0.2) is 0 Å². The van der Waals surface area contributed by atoms with Crippen LogP contribution >= 0.6 is 11.3 Å². The van der Waals surface area contributed by atoms with Crippen LogP contribution in [0.15, 0.2) is 54.2 Å². The molecule has 0 radical (unpaired) electrons. The van der Waals surface area contributed by atoms with Crippen molar-refractivity contribution in [3.05, 3.63) is 64.7 Å². The van der Waals surface area contributed by atoms with Crippen LogP contribution in [0.4, 0.5) is 0 Å². The van der Waals surface area contributed by atoms with E-state index in [1.54, 1.807) is 30.8 Å². The van der Waals surface area contributed by atoms with Crippen molar-refractivity contribution in [1.29, 1.82) is 0 Å². The van der Waals surface area contributed by atoms with Gasteiger partial charge in [0.1, 0.15) is 5.75 Å². The molecule has 3 aromatic rings. The number of amides is 1. The van der Waals surface area contributed by atoms with E-state index < -0.39 is 0 Å². The van der Waals surface area contributed by atoms with Gasteiger partial charge in [-0.2, -0.15) is 0 Å². The van der Waals surface area contributed by atoms with E-state index in [1.807, 2.05) is 41.8 Å². The Morgan fingerprint density at radius 3 is 2.77 bits per heavy atom. The summed E-state index contributed by atoms with van der Waals surface area (Å²) >= 11 is 1.58. The molecule has 2 aromatic heterocycles. The van der Waals surface area contributed by atoms with E-state index in [2.05, 4.69) is 15.3 Å². The predicted octanol–water partition coefficient (Wildman–Crippen LogP) is 3.51. The number of hydrogen-bond donors (Lipinski definition) is 1. The average molecular weight is 367 g/mol. The van der Waals surface area contributed by atoms with Crippen LogP contribution in [0, 0.1) is 0 Å². The number of carbonyl (C=O) groups excluding carboxylic acids is 1. The number of carbonyl (C=O) groups is 1. The highest BCUT2D eigenvalue weighted by Crippen LogP contribution is 2.22. The smallest absolute Gasteiger partial charge is 0.220 e. The summed E-state index contributed by atoms with van der Waals surface area (Å²) in [6.45, 7) is 0.597. The lowest BCUT2D eigenvalue weighted by atomic mass is 10.1. The van der Waals surface area contributed by atoms with Gasteiger partial charge in [0.25, 0.3) is 0 Å². The molecule has 0 saturated heterocycles. The van der Waals surface area contributed by atoms with Gasteiger partial charge in [-0.05, 0) is 30.2 Å². The van der Waals surface area contributed by atoms with E-state index in [0.29, 0.717) is 19.4 Å². The molecule has 2 heterocycles. The Hall–Kier alpha value is -2.73. The van der Waals surface area contributed by atoms with Gasteiger partial charge in [-0.25, -0.2) is 4.98 Å². The molecule has 134 valence electrons. The summed E-state index contributed by atoms with van der Waals surface area (Å²) in [4.78, 5) is 20.7. The second kappa shape index (κ2) is 9.10. The molecule has 3 rings (SSSR count). The van der Waals surface area contributed by atoms with Crippen LogP contribution in [0.25, 0.3) is 11.3 Å². The summed E-state index contributed by atoms with van der Waals surface area (Å²) in [5.74, 6) is 0.897. The van der Waals surface area contributed by atoms with E-state index in [1.165, 1.54) is 0 Å². The average Bonchev–Trinajstić information content (AvgIpc) is 3.16. The zero-order chi connectivity index (χ0) is 18.2. The highest BCUT2D eigenvalue weighted by molar-refractivity contribution is 7.09. The van der Waals surface area contributed by atoms with Crippen molar-refractivity contribution in [3.8, 4) is 17.0 Å². The number of thiazole rings is 1. The Balaban J connectivity index is 1.44. The standard InChI is InChI=1S/C20H21N3O2S/c1-25-18-5-3-2-4-16(18)10-13-22-19(24)6-7-20-23-17(14-26-20)15-8-11-21-12-9-15/h2-5,8-9,11-12,14H,6-7,10,13H2,1H3,(H,22,24). The molecule has 26 heavy (non-hydrogen) atoms. The lowest BCUT2D eigenvalue weighted by Gasteiger charge is -2.08. The number of hydrogen-bond acceptors (Lipinski definition) is 5. The Labute approximate surface area is 157 Å². The zero-order valence-corrected chi connectivity index (χ0v) is 15.5. The van der Waals surface area contributed by atoms with Gasteiger partial charge in [-0.15, -0.1) is 11.3 Å².